The van der Waals surface area contributed by atoms with Gasteiger partial charge in [0, 0.05) is 11.3 Å². The van der Waals surface area contributed by atoms with Crippen molar-refractivity contribution in [1.82, 2.24) is 4.72 Å². The van der Waals surface area contributed by atoms with E-state index in [-0.39, 0.29) is 18.4 Å². The number of cyclic esters (lactones) is 1. The van der Waals surface area contributed by atoms with Gasteiger partial charge in [0.05, 0.1) is 18.8 Å². The van der Waals surface area contributed by atoms with Crippen LogP contribution in [0.2, 0.25) is 0 Å². The summed E-state index contributed by atoms with van der Waals surface area (Å²) in [6.45, 7) is 0.824. The number of ether oxygens (including phenoxy) is 1. The summed E-state index contributed by atoms with van der Waals surface area (Å²) in [4.78, 5) is 13.0. The van der Waals surface area contributed by atoms with Crippen LogP contribution in [-0.4, -0.2) is 34.2 Å². The van der Waals surface area contributed by atoms with Gasteiger partial charge in [0.2, 0.25) is 10.0 Å². The molecule has 0 bridgehead atoms. The standard InChI is InChI=1S/C19H17FN2O4S/c20-17-5-1-3-16(13-17)14-27(24,25)21-10-2-4-15-6-8-18(9-7-15)22-11-12-26-19(22)23/h1,3,5-9,13,21H,10-12,14H2. The molecule has 1 saturated heterocycles. The highest BCUT2D eigenvalue weighted by atomic mass is 32.2. The normalized spacial score (nSPS) is 13.8. The SMILES string of the molecule is O=C1OCCN1c1ccc(C#CCNS(=O)(=O)Cc2cccc(F)c2)cc1. The molecular formula is C19H17FN2O4S. The predicted octanol–water partition coefficient (Wildman–Crippen LogP) is 2.25. The molecule has 8 heteroatoms. The smallest absolute Gasteiger partial charge is 0.414 e. The molecule has 0 unspecified atom stereocenters. The Kier molecular flexibility index (Phi) is 5.74. The van der Waals surface area contributed by atoms with E-state index in [1.807, 2.05) is 0 Å². The van der Waals surface area contributed by atoms with Crippen molar-refractivity contribution < 1.29 is 22.3 Å². The van der Waals surface area contributed by atoms with Crippen molar-refractivity contribution in [1.29, 1.82) is 0 Å². The lowest BCUT2D eigenvalue weighted by atomic mass is 10.2. The van der Waals surface area contributed by atoms with Crippen LogP contribution in [0.4, 0.5) is 14.9 Å². The fraction of sp³-hybridized carbons (Fsp3) is 0.211. The maximum absolute atomic E-state index is 13.1. The lowest BCUT2D eigenvalue weighted by molar-refractivity contribution is 0.181. The van der Waals surface area contributed by atoms with Gasteiger partial charge < -0.3 is 4.74 Å². The summed E-state index contributed by atoms with van der Waals surface area (Å²) in [6, 6.07) is 12.5. The molecule has 2 aromatic carbocycles. The van der Waals surface area contributed by atoms with Crippen LogP contribution >= 0.6 is 0 Å². The van der Waals surface area contributed by atoms with Gasteiger partial charge in [-0.05, 0) is 42.0 Å². The highest BCUT2D eigenvalue weighted by Gasteiger charge is 2.23. The number of hydrogen-bond acceptors (Lipinski definition) is 4. The molecule has 1 heterocycles. The molecule has 0 spiro atoms. The molecule has 1 aliphatic heterocycles. The third-order valence-corrected chi connectivity index (χ3v) is 5.10. The van der Waals surface area contributed by atoms with E-state index in [1.165, 1.54) is 23.1 Å². The molecule has 140 valence electrons. The molecule has 6 nitrogen and oxygen atoms in total. The Morgan fingerprint density at radius 3 is 2.63 bits per heavy atom. The second-order valence-electron chi connectivity index (χ2n) is 5.82. The number of nitrogens with zero attached hydrogens (tertiary/aromatic N) is 1. The summed E-state index contributed by atoms with van der Waals surface area (Å²) in [5.41, 5.74) is 1.78. The van der Waals surface area contributed by atoms with Crippen molar-refractivity contribution in [2.75, 3.05) is 24.6 Å². The molecule has 27 heavy (non-hydrogen) atoms. The average Bonchev–Trinajstić information content (AvgIpc) is 3.05. The maximum Gasteiger partial charge on any atom is 0.414 e. The summed E-state index contributed by atoms with van der Waals surface area (Å²) in [6.07, 6.45) is -0.374. The zero-order chi connectivity index (χ0) is 19.3. The quantitative estimate of drug-likeness (QED) is 0.798. The molecule has 0 aromatic heterocycles. The van der Waals surface area contributed by atoms with Crippen molar-refractivity contribution in [2.24, 2.45) is 0 Å². The first kappa shape index (κ1) is 18.9. The van der Waals surface area contributed by atoms with Gasteiger partial charge in [-0.15, -0.1) is 0 Å². The van der Waals surface area contributed by atoms with E-state index >= 15 is 0 Å². The van der Waals surface area contributed by atoms with Gasteiger partial charge in [0.15, 0.2) is 0 Å². The van der Waals surface area contributed by atoms with E-state index in [0.717, 1.165) is 5.69 Å². The molecule has 1 amide bonds. The van der Waals surface area contributed by atoms with Crippen molar-refractivity contribution in [2.45, 2.75) is 5.75 Å². The van der Waals surface area contributed by atoms with Gasteiger partial charge in [-0.2, -0.15) is 0 Å². The number of halogens is 1. The van der Waals surface area contributed by atoms with Crippen LogP contribution < -0.4 is 9.62 Å². The largest absolute Gasteiger partial charge is 0.447 e. The van der Waals surface area contributed by atoms with Gasteiger partial charge in [-0.3, -0.25) is 4.90 Å². The summed E-state index contributed by atoms with van der Waals surface area (Å²) in [5.74, 6) is 4.79. The maximum atomic E-state index is 13.1. The van der Waals surface area contributed by atoms with Crippen LogP contribution in [0.3, 0.4) is 0 Å². The van der Waals surface area contributed by atoms with Crippen LogP contribution in [0, 0.1) is 17.7 Å². The first-order valence-corrected chi connectivity index (χ1v) is 9.83. The van der Waals surface area contributed by atoms with Crippen LogP contribution in [0.5, 0.6) is 0 Å². The number of rotatable bonds is 5. The van der Waals surface area contributed by atoms with E-state index in [0.29, 0.717) is 24.3 Å². The van der Waals surface area contributed by atoms with Crippen molar-refractivity contribution in [3.63, 3.8) is 0 Å². The predicted molar refractivity (Wildman–Crippen MR) is 99.0 cm³/mol. The Hall–Kier alpha value is -2.89. The number of hydrogen-bond donors (Lipinski definition) is 1. The van der Waals surface area contributed by atoms with Crippen LogP contribution in [0.1, 0.15) is 11.1 Å². The van der Waals surface area contributed by atoms with Crippen molar-refractivity contribution in [3.8, 4) is 11.8 Å². The molecule has 2 aromatic rings. The lowest BCUT2D eigenvalue weighted by Gasteiger charge is -2.11. The second-order valence-corrected chi connectivity index (χ2v) is 7.63. The van der Waals surface area contributed by atoms with Crippen LogP contribution in [0.25, 0.3) is 0 Å². The molecular weight excluding hydrogens is 371 g/mol. The Morgan fingerprint density at radius 1 is 1.19 bits per heavy atom. The Balaban J connectivity index is 1.54. The highest BCUT2D eigenvalue weighted by Crippen LogP contribution is 2.18. The zero-order valence-electron chi connectivity index (χ0n) is 14.3. The lowest BCUT2D eigenvalue weighted by Crippen LogP contribution is -2.25. The Labute approximate surface area is 157 Å². The highest BCUT2D eigenvalue weighted by molar-refractivity contribution is 7.88. The van der Waals surface area contributed by atoms with Gasteiger partial charge in [-0.25, -0.2) is 22.3 Å². The average molecular weight is 388 g/mol. The first-order valence-electron chi connectivity index (χ1n) is 8.18. The van der Waals surface area contributed by atoms with Crippen molar-refractivity contribution in [3.05, 3.63) is 65.5 Å². The molecule has 1 N–H and O–H groups in total. The third kappa shape index (κ3) is 5.29. The number of anilines is 1. The van der Waals surface area contributed by atoms with E-state index in [9.17, 15) is 17.6 Å². The van der Waals surface area contributed by atoms with Crippen LogP contribution in [0.15, 0.2) is 48.5 Å². The number of sulfonamides is 1. The second kappa shape index (κ2) is 8.20. The minimum absolute atomic E-state index is 0.0577. The number of nitrogens with one attached hydrogen (secondary N) is 1. The van der Waals surface area contributed by atoms with E-state index in [1.54, 1.807) is 30.3 Å². The summed E-state index contributed by atoms with van der Waals surface area (Å²) < 4.78 is 44.4. The van der Waals surface area contributed by atoms with Gasteiger partial charge in [0.25, 0.3) is 0 Å². The topological polar surface area (TPSA) is 75.7 Å². The number of carbonyl (C=O) groups excluding carboxylic acids is 1. The van der Waals surface area contributed by atoms with Gasteiger partial charge in [-0.1, -0.05) is 24.0 Å². The Bertz CT molecular complexity index is 994. The van der Waals surface area contributed by atoms with Gasteiger partial charge in [0.1, 0.15) is 12.4 Å². The summed E-state index contributed by atoms with van der Waals surface area (Å²) in [7, 11) is -3.61. The molecule has 1 fully saturated rings. The molecule has 0 radical (unpaired) electrons. The number of amides is 1. The summed E-state index contributed by atoms with van der Waals surface area (Å²) in [5, 5.41) is 0. The summed E-state index contributed by atoms with van der Waals surface area (Å²) >= 11 is 0. The molecule has 0 atom stereocenters. The zero-order valence-corrected chi connectivity index (χ0v) is 15.1. The third-order valence-electron chi connectivity index (χ3n) is 3.80. The first-order chi connectivity index (χ1) is 12.9. The minimum atomic E-state index is -3.61. The Morgan fingerprint density at radius 2 is 1.96 bits per heavy atom. The van der Waals surface area contributed by atoms with Crippen LogP contribution in [-0.2, 0) is 20.5 Å². The number of benzene rings is 2. The van der Waals surface area contributed by atoms with E-state index in [4.69, 9.17) is 4.74 Å². The molecule has 0 saturated carbocycles. The number of carbonyl (C=O) groups is 1. The van der Waals surface area contributed by atoms with E-state index in [2.05, 4.69) is 16.6 Å². The fourth-order valence-electron chi connectivity index (χ4n) is 2.54. The monoisotopic (exact) mass is 388 g/mol. The minimum Gasteiger partial charge on any atom is -0.447 e. The fourth-order valence-corrected chi connectivity index (χ4v) is 3.55. The van der Waals surface area contributed by atoms with Gasteiger partial charge >= 0.3 is 6.09 Å². The van der Waals surface area contributed by atoms with E-state index < -0.39 is 15.8 Å². The van der Waals surface area contributed by atoms with Crippen molar-refractivity contribution >= 4 is 21.8 Å². The molecule has 3 rings (SSSR count). The molecule has 0 aliphatic carbocycles. The molecule has 1 aliphatic rings.